The molecular formula is C22H19F3N6O2S. The highest BCUT2D eigenvalue weighted by Gasteiger charge is 2.33. The molecule has 0 aliphatic carbocycles. The van der Waals surface area contributed by atoms with E-state index in [0.717, 1.165) is 10.7 Å². The highest BCUT2D eigenvalue weighted by atomic mass is 32.1. The summed E-state index contributed by atoms with van der Waals surface area (Å²) in [5.74, 6) is -0.140. The van der Waals surface area contributed by atoms with Crippen molar-refractivity contribution in [3.05, 3.63) is 81.5 Å². The van der Waals surface area contributed by atoms with Crippen LogP contribution in [0.15, 0.2) is 59.0 Å². The first-order valence-electron chi connectivity index (χ1n) is 10.5. The van der Waals surface area contributed by atoms with Crippen LogP contribution in [0.3, 0.4) is 0 Å². The first kappa shape index (κ1) is 22.3. The molecule has 0 saturated carbocycles. The molecule has 0 bridgehead atoms. The van der Waals surface area contributed by atoms with Crippen molar-refractivity contribution in [3.63, 3.8) is 0 Å². The molecule has 0 N–H and O–H groups in total. The zero-order valence-corrected chi connectivity index (χ0v) is 18.6. The van der Waals surface area contributed by atoms with Gasteiger partial charge in [0.15, 0.2) is 10.7 Å². The number of amides is 1. The molecule has 0 atom stereocenters. The molecule has 4 aromatic rings. The predicted octanol–water partition coefficient (Wildman–Crippen LogP) is 2.92. The van der Waals surface area contributed by atoms with Crippen LogP contribution in [-0.4, -0.2) is 61.1 Å². The minimum absolute atomic E-state index is 0.108. The molecule has 1 saturated heterocycles. The van der Waals surface area contributed by atoms with Gasteiger partial charge in [0.1, 0.15) is 0 Å². The highest BCUT2D eigenvalue weighted by Crippen LogP contribution is 2.28. The van der Waals surface area contributed by atoms with Crippen LogP contribution in [0.4, 0.5) is 13.2 Å². The van der Waals surface area contributed by atoms with Crippen molar-refractivity contribution < 1.29 is 18.0 Å². The van der Waals surface area contributed by atoms with E-state index < -0.39 is 11.9 Å². The zero-order valence-electron chi connectivity index (χ0n) is 17.8. The van der Waals surface area contributed by atoms with E-state index >= 15 is 0 Å². The molecule has 3 aromatic heterocycles. The minimum atomic E-state index is -4.51. The number of carbonyl (C=O) groups excluding carboxylic acids is 1. The minimum Gasteiger partial charge on any atom is -0.336 e. The summed E-state index contributed by atoms with van der Waals surface area (Å²) in [7, 11) is 0. The number of fused-ring (bicyclic) bond motifs is 1. The van der Waals surface area contributed by atoms with Gasteiger partial charge < -0.3 is 4.90 Å². The lowest BCUT2D eigenvalue weighted by molar-refractivity contribution is -0.141. The van der Waals surface area contributed by atoms with Crippen molar-refractivity contribution in [2.75, 3.05) is 26.2 Å². The molecular weight excluding hydrogens is 469 g/mol. The van der Waals surface area contributed by atoms with E-state index in [0.29, 0.717) is 54.6 Å². The largest absolute Gasteiger partial charge is 0.435 e. The summed E-state index contributed by atoms with van der Waals surface area (Å²) in [4.78, 5) is 34.1. The number of halogens is 3. The number of thiazole rings is 1. The topological polar surface area (TPSA) is 75.7 Å². The van der Waals surface area contributed by atoms with Crippen LogP contribution < -0.4 is 5.56 Å². The van der Waals surface area contributed by atoms with Crippen LogP contribution >= 0.6 is 11.3 Å². The SMILES string of the molecule is O=C(c1ccc(-n2ccc(C(F)(F)F)n2)cc1)N1CCN(Cc2cc(=O)n3ccsc3n2)CC1. The third-order valence-corrected chi connectivity index (χ3v) is 6.42. The molecule has 1 aliphatic rings. The number of piperazine rings is 1. The molecule has 5 rings (SSSR count). The van der Waals surface area contributed by atoms with Gasteiger partial charge >= 0.3 is 6.18 Å². The van der Waals surface area contributed by atoms with E-state index in [1.165, 1.54) is 28.0 Å². The summed E-state index contributed by atoms with van der Waals surface area (Å²) < 4.78 is 40.9. The Hall–Kier alpha value is -3.51. The molecule has 34 heavy (non-hydrogen) atoms. The smallest absolute Gasteiger partial charge is 0.336 e. The molecule has 1 aromatic carbocycles. The van der Waals surface area contributed by atoms with Crippen LogP contribution in [0.5, 0.6) is 0 Å². The Kier molecular flexibility index (Phi) is 5.70. The summed E-state index contributed by atoms with van der Waals surface area (Å²) in [6.45, 7) is 2.86. The van der Waals surface area contributed by atoms with Gasteiger partial charge in [0, 0.05) is 62.1 Å². The Balaban J connectivity index is 1.20. The lowest BCUT2D eigenvalue weighted by Crippen LogP contribution is -2.48. The molecule has 176 valence electrons. The van der Waals surface area contributed by atoms with Gasteiger partial charge in [0.25, 0.3) is 11.5 Å². The number of carbonyl (C=O) groups is 1. The van der Waals surface area contributed by atoms with Crippen LogP contribution in [0.25, 0.3) is 10.6 Å². The lowest BCUT2D eigenvalue weighted by atomic mass is 10.1. The standard InChI is InChI=1S/C22H19F3N6O2S/c23-22(24,25)18-5-6-31(27-18)17-3-1-15(2-4-17)20(33)29-9-7-28(8-10-29)14-16-13-19(32)30-11-12-34-21(30)26-16/h1-6,11-13H,7-10,14H2. The summed E-state index contributed by atoms with van der Waals surface area (Å²) in [5.41, 5.74) is 0.515. The Morgan fingerprint density at radius 1 is 1.03 bits per heavy atom. The molecule has 8 nitrogen and oxygen atoms in total. The van der Waals surface area contributed by atoms with Gasteiger partial charge in [-0.05, 0) is 30.3 Å². The first-order valence-corrected chi connectivity index (χ1v) is 11.4. The number of alkyl halides is 3. The van der Waals surface area contributed by atoms with E-state index in [9.17, 15) is 22.8 Å². The Morgan fingerprint density at radius 2 is 1.76 bits per heavy atom. The van der Waals surface area contributed by atoms with Crippen molar-refractivity contribution in [1.29, 1.82) is 0 Å². The second-order valence-electron chi connectivity index (χ2n) is 7.90. The fourth-order valence-electron chi connectivity index (χ4n) is 3.87. The van der Waals surface area contributed by atoms with Crippen LogP contribution in [0.2, 0.25) is 0 Å². The molecule has 4 heterocycles. The fourth-order valence-corrected chi connectivity index (χ4v) is 4.60. The van der Waals surface area contributed by atoms with E-state index in [-0.39, 0.29) is 11.5 Å². The lowest BCUT2D eigenvalue weighted by Gasteiger charge is -2.34. The Labute approximate surface area is 195 Å². The van der Waals surface area contributed by atoms with Gasteiger partial charge in [-0.1, -0.05) is 0 Å². The van der Waals surface area contributed by atoms with Gasteiger partial charge in [-0.2, -0.15) is 18.3 Å². The number of aromatic nitrogens is 4. The third kappa shape index (κ3) is 4.46. The second-order valence-corrected chi connectivity index (χ2v) is 8.77. The van der Waals surface area contributed by atoms with E-state index in [2.05, 4.69) is 15.0 Å². The van der Waals surface area contributed by atoms with Crippen LogP contribution in [0.1, 0.15) is 21.7 Å². The summed E-state index contributed by atoms with van der Waals surface area (Å²) >= 11 is 1.41. The normalized spacial score (nSPS) is 15.2. The van der Waals surface area contributed by atoms with E-state index in [1.807, 2.05) is 5.38 Å². The number of hydrogen-bond acceptors (Lipinski definition) is 6. The Morgan fingerprint density at radius 3 is 2.44 bits per heavy atom. The second kappa shape index (κ2) is 8.69. The number of nitrogens with zero attached hydrogens (tertiary/aromatic N) is 6. The molecule has 1 fully saturated rings. The number of rotatable bonds is 4. The van der Waals surface area contributed by atoms with E-state index in [4.69, 9.17) is 0 Å². The number of hydrogen-bond donors (Lipinski definition) is 0. The van der Waals surface area contributed by atoms with Gasteiger partial charge in [-0.25, -0.2) is 9.67 Å². The first-order chi connectivity index (χ1) is 16.3. The van der Waals surface area contributed by atoms with E-state index in [1.54, 1.807) is 35.4 Å². The summed E-state index contributed by atoms with van der Waals surface area (Å²) in [6.07, 6.45) is -1.57. The van der Waals surface area contributed by atoms with Gasteiger partial charge in [0.05, 0.1) is 11.4 Å². The van der Waals surface area contributed by atoms with Crippen molar-refractivity contribution in [2.45, 2.75) is 12.7 Å². The van der Waals surface area contributed by atoms with Crippen molar-refractivity contribution in [2.24, 2.45) is 0 Å². The molecule has 0 spiro atoms. The molecule has 12 heteroatoms. The highest BCUT2D eigenvalue weighted by molar-refractivity contribution is 7.15. The molecule has 1 aliphatic heterocycles. The number of benzene rings is 1. The van der Waals surface area contributed by atoms with Crippen molar-refractivity contribution in [1.82, 2.24) is 29.0 Å². The monoisotopic (exact) mass is 488 g/mol. The van der Waals surface area contributed by atoms with Gasteiger partial charge in [-0.3, -0.25) is 18.9 Å². The molecule has 1 amide bonds. The maximum absolute atomic E-state index is 12.9. The molecule has 0 unspecified atom stereocenters. The average molecular weight is 488 g/mol. The maximum atomic E-state index is 12.9. The Bertz CT molecular complexity index is 1380. The van der Waals surface area contributed by atoms with Gasteiger partial charge in [0.2, 0.25) is 0 Å². The van der Waals surface area contributed by atoms with Crippen molar-refractivity contribution >= 4 is 22.2 Å². The summed E-state index contributed by atoms with van der Waals surface area (Å²) in [5, 5.41) is 5.36. The molecule has 0 radical (unpaired) electrons. The predicted molar refractivity (Wildman–Crippen MR) is 119 cm³/mol. The quantitative estimate of drug-likeness (QED) is 0.442. The van der Waals surface area contributed by atoms with Crippen molar-refractivity contribution in [3.8, 4) is 5.69 Å². The zero-order chi connectivity index (χ0) is 23.9. The van der Waals surface area contributed by atoms with Gasteiger partial charge in [-0.15, -0.1) is 11.3 Å². The fraction of sp³-hybridized carbons (Fsp3) is 0.273. The summed E-state index contributed by atoms with van der Waals surface area (Å²) in [6, 6.07) is 8.77. The third-order valence-electron chi connectivity index (χ3n) is 5.66. The maximum Gasteiger partial charge on any atom is 0.435 e. The average Bonchev–Trinajstić information content (AvgIpc) is 3.49. The van der Waals surface area contributed by atoms with Crippen LogP contribution in [-0.2, 0) is 12.7 Å². The van der Waals surface area contributed by atoms with Crippen LogP contribution in [0, 0.1) is 0 Å².